The molecule has 1 N–H and O–H groups in total. The van der Waals surface area contributed by atoms with Gasteiger partial charge in [-0.1, -0.05) is 18.2 Å². The van der Waals surface area contributed by atoms with Gasteiger partial charge in [-0.15, -0.1) is 0 Å². The summed E-state index contributed by atoms with van der Waals surface area (Å²) in [6, 6.07) is 7.19. The number of hydrogen-bond acceptors (Lipinski definition) is 5. The van der Waals surface area contributed by atoms with Crippen LogP contribution in [0, 0.1) is 19.2 Å². The Kier molecular flexibility index (Phi) is 3.48. The smallest absolute Gasteiger partial charge is 0.311 e. The van der Waals surface area contributed by atoms with Gasteiger partial charge in [-0.2, -0.15) is 14.4 Å². The van der Waals surface area contributed by atoms with Crippen molar-refractivity contribution in [1.82, 2.24) is 9.97 Å². The summed E-state index contributed by atoms with van der Waals surface area (Å²) in [5.41, 5.74) is 1.51. The van der Waals surface area contributed by atoms with Crippen LogP contribution in [0.1, 0.15) is 5.56 Å². The van der Waals surface area contributed by atoms with Gasteiger partial charge >= 0.3 is 6.08 Å². The van der Waals surface area contributed by atoms with Crippen LogP contribution in [0.25, 0.3) is 0 Å². The summed E-state index contributed by atoms with van der Waals surface area (Å²) in [6.45, 7) is 1.84. The minimum atomic E-state index is -3.59. The number of nitrogens with one attached hydrogen (secondary N) is 1. The molecule has 5 nitrogen and oxygen atoms in total. The fourth-order valence-electron chi connectivity index (χ4n) is 1.50. The van der Waals surface area contributed by atoms with E-state index in [2.05, 4.69) is 21.5 Å². The Morgan fingerprint density at radius 3 is 2.63 bits per heavy atom. The number of nitrogens with zero attached hydrogens (tertiary/aromatic N) is 2. The van der Waals surface area contributed by atoms with E-state index in [0.29, 0.717) is 5.69 Å². The van der Waals surface area contributed by atoms with Crippen molar-refractivity contribution in [1.29, 1.82) is 0 Å². The van der Waals surface area contributed by atoms with Crippen LogP contribution in [0.5, 0.6) is 0 Å². The van der Waals surface area contributed by atoms with E-state index in [4.69, 9.17) is 0 Å². The molecular formula is C12H11FN3O2S. The van der Waals surface area contributed by atoms with Crippen molar-refractivity contribution >= 4 is 21.3 Å². The first-order chi connectivity index (χ1) is 8.88. The lowest BCUT2D eigenvalue weighted by Gasteiger charge is -2.10. The second-order valence-corrected chi connectivity index (χ2v) is 5.95. The zero-order valence-electron chi connectivity index (χ0n) is 10.3. The van der Waals surface area contributed by atoms with Gasteiger partial charge in [-0.25, -0.2) is 8.42 Å². The summed E-state index contributed by atoms with van der Waals surface area (Å²) in [7, 11) is -3.59. The maximum Gasteiger partial charge on any atom is 0.311 e. The molecule has 99 valence electrons. The summed E-state index contributed by atoms with van der Waals surface area (Å²) in [4.78, 5) is 6.36. The molecule has 1 aromatic carbocycles. The number of rotatable bonds is 3. The molecule has 0 saturated carbocycles. The first kappa shape index (κ1) is 13.4. The normalized spacial score (nSPS) is 11.3. The SMILES string of the molecule is Cc1ccccc1Nc1nc(F)n[c]c1S(C)(=O)=O. The maximum atomic E-state index is 13.1. The third kappa shape index (κ3) is 3.05. The van der Waals surface area contributed by atoms with E-state index in [1.165, 1.54) is 0 Å². The highest BCUT2D eigenvalue weighted by molar-refractivity contribution is 7.90. The van der Waals surface area contributed by atoms with E-state index in [0.717, 1.165) is 11.8 Å². The molecule has 1 radical (unpaired) electrons. The third-order valence-electron chi connectivity index (χ3n) is 2.44. The van der Waals surface area contributed by atoms with Crippen LogP contribution in [-0.4, -0.2) is 24.6 Å². The lowest BCUT2D eigenvalue weighted by molar-refractivity contribution is 0.534. The van der Waals surface area contributed by atoms with E-state index in [-0.39, 0.29) is 10.7 Å². The van der Waals surface area contributed by atoms with E-state index in [1.54, 1.807) is 12.1 Å². The van der Waals surface area contributed by atoms with Gasteiger partial charge in [0.25, 0.3) is 0 Å². The van der Waals surface area contributed by atoms with Gasteiger partial charge in [-0.3, -0.25) is 0 Å². The van der Waals surface area contributed by atoms with E-state index in [9.17, 15) is 12.8 Å². The number of anilines is 2. The molecule has 0 amide bonds. The zero-order valence-corrected chi connectivity index (χ0v) is 11.1. The summed E-state index contributed by atoms with van der Waals surface area (Å²) in [5.74, 6) is -0.121. The molecule has 0 bridgehead atoms. The largest absolute Gasteiger partial charge is 0.339 e. The number of aryl methyl sites for hydroxylation is 1. The van der Waals surface area contributed by atoms with Crippen molar-refractivity contribution in [2.45, 2.75) is 11.8 Å². The highest BCUT2D eigenvalue weighted by Crippen LogP contribution is 2.23. The average molecular weight is 280 g/mol. The number of para-hydroxylation sites is 1. The Bertz CT molecular complexity index is 717. The minimum absolute atomic E-state index is 0.121. The number of benzene rings is 1. The van der Waals surface area contributed by atoms with Gasteiger partial charge < -0.3 is 5.32 Å². The van der Waals surface area contributed by atoms with Gasteiger partial charge in [-0.05, 0) is 18.6 Å². The Morgan fingerprint density at radius 1 is 1.32 bits per heavy atom. The van der Waals surface area contributed by atoms with Crippen molar-refractivity contribution in [3.63, 3.8) is 0 Å². The molecule has 0 aliphatic heterocycles. The Balaban J connectivity index is 2.51. The highest BCUT2D eigenvalue weighted by Gasteiger charge is 2.17. The molecule has 1 aromatic heterocycles. The second kappa shape index (κ2) is 4.93. The summed E-state index contributed by atoms with van der Waals surface area (Å²) < 4.78 is 36.2. The third-order valence-corrected chi connectivity index (χ3v) is 3.46. The van der Waals surface area contributed by atoms with Crippen molar-refractivity contribution in [3.05, 3.63) is 42.1 Å². The van der Waals surface area contributed by atoms with Crippen LogP contribution in [0.2, 0.25) is 0 Å². The lowest BCUT2D eigenvalue weighted by Crippen LogP contribution is -2.08. The van der Waals surface area contributed by atoms with Gasteiger partial charge in [0.15, 0.2) is 15.7 Å². The summed E-state index contributed by atoms with van der Waals surface area (Å²) >= 11 is 0. The van der Waals surface area contributed by atoms with Crippen LogP contribution in [0.15, 0.2) is 29.2 Å². The number of sulfone groups is 1. The van der Waals surface area contributed by atoms with Crippen molar-refractivity contribution < 1.29 is 12.8 Å². The fraction of sp³-hybridized carbons (Fsp3) is 0.167. The van der Waals surface area contributed by atoms with Crippen LogP contribution >= 0.6 is 0 Å². The minimum Gasteiger partial charge on any atom is -0.339 e. The summed E-state index contributed by atoms with van der Waals surface area (Å²) in [6.07, 6.45) is 2.10. The molecule has 1 heterocycles. The zero-order chi connectivity index (χ0) is 14.0. The predicted molar refractivity (Wildman–Crippen MR) is 68.4 cm³/mol. The van der Waals surface area contributed by atoms with Gasteiger partial charge in [0.1, 0.15) is 11.1 Å². The molecule has 0 spiro atoms. The molecule has 0 unspecified atom stereocenters. The van der Waals surface area contributed by atoms with E-state index >= 15 is 0 Å². The van der Waals surface area contributed by atoms with Crippen LogP contribution < -0.4 is 5.32 Å². The molecule has 0 atom stereocenters. The van der Waals surface area contributed by atoms with Crippen LogP contribution in [0.3, 0.4) is 0 Å². The number of halogens is 1. The van der Waals surface area contributed by atoms with Gasteiger partial charge in [0, 0.05) is 11.9 Å². The van der Waals surface area contributed by atoms with E-state index in [1.807, 2.05) is 19.1 Å². The first-order valence-corrected chi connectivity index (χ1v) is 7.25. The van der Waals surface area contributed by atoms with Crippen LogP contribution in [-0.2, 0) is 9.84 Å². The van der Waals surface area contributed by atoms with Crippen LogP contribution in [0.4, 0.5) is 15.9 Å². The lowest BCUT2D eigenvalue weighted by atomic mass is 10.2. The number of hydrogen-bond donors (Lipinski definition) is 1. The topological polar surface area (TPSA) is 72.0 Å². The predicted octanol–water partition coefficient (Wildman–Crippen LogP) is 1.87. The molecule has 2 rings (SSSR count). The molecule has 0 saturated heterocycles. The molecule has 2 aromatic rings. The molecule has 7 heteroatoms. The maximum absolute atomic E-state index is 13.1. The van der Waals surface area contributed by atoms with E-state index < -0.39 is 15.9 Å². The fourth-order valence-corrected chi connectivity index (χ4v) is 2.16. The molecule has 0 fully saturated rings. The second-order valence-electron chi connectivity index (χ2n) is 3.99. The number of aromatic nitrogens is 2. The van der Waals surface area contributed by atoms with Gasteiger partial charge in [0.05, 0.1) is 0 Å². The highest BCUT2D eigenvalue weighted by atomic mass is 32.2. The Morgan fingerprint density at radius 2 is 2.00 bits per heavy atom. The molecule has 19 heavy (non-hydrogen) atoms. The van der Waals surface area contributed by atoms with Crippen molar-refractivity contribution in [2.75, 3.05) is 11.6 Å². The average Bonchev–Trinajstić information content (AvgIpc) is 2.30. The molecule has 0 aliphatic carbocycles. The summed E-state index contributed by atoms with van der Waals surface area (Å²) in [5, 5.41) is 2.79. The van der Waals surface area contributed by atoms with Crippen molar-refractivity contribution in [2.24, 2.45) is 0 Å². The van der Waals surface area contributed by atoms with Gasteiger partial charge in [0.2, 0.25) is 0 Å². The van der Waals surface area contributed by atoms with Crippen molar-refractivity contribution in [3.8, 4) is 0 Å². The molecular weight excluding hydrogens is 269 g/mol. The monoisotopic (exact) mass is 280 g/mol. The Hall–Kier alpha value is -2.02. The first-order valence-electron chi connectivity index (χ1n) is 5.36. The Labute approximate surface area is 110 Å². The quantitative estimate of drug-likeness (QED) is 0.869. The standard InChI is InChI=1S/C12H11FN3O2S/c1-8-5-3-4-6-9(8)15-11-10(19(2,17)18)7-14-12(13)16-11/h3-6H,1-2H3,(H,14,15,16). The molecule has 0 aliphatic rings.